The van der Waals surface area contributed by atoms with Gasteiger partial charge in [0.25, 0.3) is 5.56 Å². The molecule has 0 saturated carbocycles. The number of hydrogen-bond donors (Lipinski definition) is 1. The third kappa shape index (κ3) is 1.74. The zero-order chi connectivity index (χ0) is 10.0. The molecule has 0 aromatic carbocycles. The van der Waals surface area contributed by atoms with Crippen LogP contribution >= 0.6 is 0 Å². The van der Waals surface area contributed by atoms with Gasteiger partial charge >= 0.3 is 5.97 Å². The summed E-state index contributed by atoms with van der Waals surface area (Å²) in [4.78, 5) is 25.4. The molecule has 0 amide bonds. The number of aromatic nitrogens is 2. The number of carboxylic acid groups (broad SMARTS) is 1. The molecule has 0 saturated heterocycles. The van der Waals surface area contributed by atoms with Crippen LogP contribution < -0.4 is 5.56 Å². The molecule has 1 rings (SSSR count). The number of rotatable bonds is 2. The first-order valence-electron chi connectivity index (χ1n) is 3.84. The lowest BCUT2D eigenvalue weighted by Crippen LogP contribution is -2.28. The van der Waals surface area contributed by atoms with Crippen LogP contribution in [0.3, 0.4) is 0 Å². The van der Waals surface area contributed by atoms with Crippen LogP contribution in [0.5, 0.6) is 0 Å². The predicted octanol–water partition coefficient (Wildman–Crippen LogP) is 0.522. The maximum atomic E-state index is 11.4. The van der Waals surface area contributed by atoms with Crippen molar-refractivity contribution < 1.29 is 9.90 Å². The Hall–Kier alpha value is -1.65. The van der Waals surface area contributed by atoms with Crippen LogP contribution in [0.1, 0.15) is 30.4 Å². The van der Waals surface area contributed by atoms with E-state index in [9.17, 15) is 9.59 Å². The molecule has 0 bridgehead atoms. The van der Waals surface area contributed by atoms with Gasteiger partial charge in [-0.2, -0.15) is 0 Å². The van der Waals surface area contributed by atoms with Gasteiger partial charge in [0.15, 0.2) is 0 Å². The fourth-order valence-electron chi connectivity index (χ4n) is 0.978. The SMILES string of the molecule is CC(C)n1ccnc(C(=O)O)c1=O. The Labute approximate surface area is 74.7 Å². The van der Waals surface area contributed by atoms with E-state index in [2.05, 4.69) is 4.98 Å². The van der Waals surface area contributed by atoms with Gasteiger partial charge in [-0.25, -0.2) is 9.78 Å². The van der Waals surface area contributed by atoms with E-state index < -0.39 is 17.2 Å². The van der Waals surface area contributed by atoms with Crippen molar-refractivity contribution in [1.82, 2.24) is 9.55 Å². The zero-order valence-electron chi connectivity index (χ0n) is 7.39. The molecule has 0 fully saturated rings. The van der Waals surface area contributed by atoms with Crippen molar-refractivity contribution in [2.75, 3.05) is 0 Å². The Balaban J connectivity index is 3.36. The van der Waals surface area contributed by atoms with E-state index in [-0.39, 0.29) is 6.04 Å². The van der Waals surface area contributed by atoms with Crippen LogP contribution in [0.4, 0.5) is 0 Å². The average molecular weight is 182 g/mol. The van der Waals surface area contributed by atoms with Gasteiger partial charge in [-0.15, -0.1) is 0 Å². The summed E-state index contributed by atoms with van der Waals surface area (Å²) in [6, 6.07) is -0.0615. The summed E-state index contributed by atoms with van der Waals surface area (Å²) in [6.45, 7) is 3.60. The molecule has 1 aromatic rings. The maximum absolute atomic E-state index is 11.4. The van der Waals surface area contributed by atoms with Crippen molar-refractivity contribution in [1.29, 1.82) is 0 Å². The molecule has 13 heavy (non-hydrogen) atoms. The average Bonchev–Trinajstić information content (AvgIpc) is 2.03. The van der Waals surface area contributed by atoms with Gasteiger partial charge in [-0.3, -0.25) is 4.79 Å². The molecule has 70 valence electrons. The van der Waals surface area contributed by atoms with Crippen molar-refractivity contribution in [3.8, 4) is 0 Å². The van der Waals surface area contributed by atoms with Crippen LogP contribution in [-0.2, 0) is 0 Å². The third-order valence-electron chi connectivity index (χ3n) is 1.63. The molecule has 0 radical (unpaired) electrons. The molecule has 0 atom stereocenters. The summed E-state index contributed by atoms with van der Waals surface area (Å²) >= 11 is 0. The van der Waals surface area contributed by atoms with E-state index in [0.717, 1.165) is 0 Å². The minimum absolute atomic E-state index is 0.0615. The summed E-state index contributed by atoms with van der Waals surface area (Å²) < 4.78 is 1.33. The first-order chi connectivity index (χ1) is 6.04. The second kappa shape index (κ2) is 3.38. The molecule has 1 heterocycles. The smallest absolute Gasteiger partial charge is 0.360 e. The van der Waals surface area contributed by atoms with Crippen LogP contribution in [0.25, 0.3) is 0 Å². The Morgan fingerprint density at radius 2 is 2.23 bits per heavy atom. The van der Waals surface area contributed by atoms with Crippen LogP contribution in [0.15, 0.2) is 17.2 Å². The normalized spacial score (nSPS) is 10.4. The second-order valence-corrected chi connectivity index (χ2v) is 2.89. The minimum Gasteiger partial charge on any atom is -0.476 e. The molecule has 0 spiro atoms. The minimum atomic E-state index is -1.29. The first-order valence-corrected chi connectivity index (χ1v) is 3.84. The van der Waals surface area contributed by atoms with Gasteiger partial charge < -0.3 is 9.67 Å². The van der Waals surface area contributed by atoms with Crippen LogP contribution in [-0.4, -0.2) is 20.6 Å². The molecule has 0 aliphatic rings. The number of aromatic carboxylic acids is 1. The molecule has 0 unspecified atom stereocenters. The lowest BCUT2D eigenvalue weighted by Gasteiger charge is -2.08. The number of nitrogens with zero attached hydrogens (tertiary/aromatic N) is 2. The van der Waals surface area contributed by atoms with Gasteiger partial charge in [0.1, 0.15) is 0 Å². The van der Waals surface area contributed by atoms with E-state index in [4.69, 9.17) is 5.11 Å². The van der Waals surface area contributed by atoms with Gasteiger partial charge in [0, 0.05) is 18.4 Å². The van der Waals surface area contributed by atoms with Crippen molar-refractivity contribution in [3.05, 3.63) is 28.4 Å². The van der Waals surface area contributed by atoms with Crippen LogP contribution in [0.2, 0.25) is 0 Å². The largest absolute Gasteiger partial charge is 0.476 e. The molecule has 0 aliphatic heterocycles. The third-order valence-corrected chi connectivity index (χ3v) is 1.63. The van der Waals surface area contributed by atoms with Crippen molar-refractivity contribution in [2.45, 2.75) is 19.9 Å². The van der Waals surface area contributed by atoms with Crippen LogP contribution in [0, 0.1) is 0 Å². The lowest BCUT2D eigenvalue weighted by atomic mass is 10.3. The van der Waals surface area contributed by atoms with Gasteiger partial charge in [-0.1, -0.05) is 0 Å². The fraction of sp³-hybridized carbons (Fsp3) is 0.375. The standard InChI is InChI=1S/C8H10N2O3/c1-5(2)10-4-3-9-6(7(10)11)8(12)13/h3-5H,1-2H3,(H,12,13). The number of carboxylic acids is 1. The fourth-order valence-corrected chi connectivity index (χ4v) is 0.978. The monoisotopic (exact) mass is 182 g/mol. The van der Waals surface area contributed by atoms with E-state index >= 15 is 0 Å². The van der Waals surface area contributed by atoms with Crippen molar-refractivity contribution in [2.24, 2.45) is 0 Å². The van der Waals surface area contributed by atoms with Gasteiger partial charge in [0.05, 0.1) is 0 Å². The zero-order valence-corrected chi connectivity index (χ0v) is 7.39. The predicted molar refractivity (Wildman–Crippen MR) is 45.8 cm³/mol. The topological polar surface area (TPSA) is 72.2 Å². The first kappa shape index (κ1) is 9.44. The summed E-state index contributed by atoms with van der Waals surface area (Å²) in [5.41, 5.74) is -0.999. The van der Waals surface area contributed by atoms with E-state index in [1.807, 2.05) is 0 Å². The summed E-state index contributed by atoms with van der Waals surface area (Å²) in [6.07, 6.45) is 2.78. The van der Waals surface area contributed by atoms with Gasteiger partial charge in [-0.05, 0) is 13.8 Å². The van der Waals surface area contributed by atoms with E-state index in [1.54, 1.807) is 13.8 Å². The Morgan fingerprint density at radius 3 is 2.69 bits per heavy atom. The summed E-state index contributed by atoms with van der Waals surface area (Å²) in [7, 11) is 0. The lowest BCUT2D eigenvalue weighted by molar-refractivity contribution is 0.0687. The molecule has 5 nitrogen and oxygen atoms in total. The molecule has 1 N–H and O–H groups in total. The Kier molecular flexibility index (Phi) is 2.46. The molecule has 0 aliphatic carbocycles. The highest BCUT2D eigenvalue weighted by Gasteiger charge is 2.12. The summed E-state index contributed by atoms with van der Waals surface area (Å²) in [5, 5.41) is 8.60. The number of carbonyl (C=O) groups is 1. The van der Waals surface area contributed by atoms with E-state index in [0.29, 0.717) is 0 Å². The molecule has 1 aromatic heterocycles. The highest BCUT2D eigenvalue weighted by atomic mass is 16.4. The molecule has 5 heteroatoms. The maximum Gasteiger partial charge on any atom is 0.360 e. The Bertz CT molecular complexity index is 381. The molecular formula is C8H10N2O3. The molecular weight excluding hydrogens is 172 g/mol. The summed E-state index contributed by atoms with van der Waals surface area (Å²) in [5.74, 6) is -1.29. The highest BCUT2D eigenvalue weighted by molar-refractivity contribution is 5.84. The Morgan fingerprint density at radius 1 is 1.62 bits per heavy atom. The van der Waals surface area contributed by atoms with E-state index in [1.165, 1.54) is 17.0 Å². The van der Waals surface area contributed by atoms with Crippen molar-refractivity contribution in [3.63, 3.8) is 0 Å². The highest BCUT2D eigenvalue weighted by Crippen LogP contribution is 1.98. The number of hydrogen-bond acceptors (Lipinski definition) is 3. The second-order valence-electron chi connectivity index (χ2n) is 2.89. The van der Waals surface area contributed by atoms with Gasteiger partial charge in [0.2, 0.25) is 5.69 Å². The quantitative estimate of drug-likeness (QED) is 0.723. The van der Waals surface area contributed by atoms with Crippen molar-refractivity contribution >= 4 is 5.97 Å².